The molecule has 2 aliphatic rings. The van der Waals surface area contributed by atoms with E-state index in [-0.39, 0.29) is 5.91 Å². The van der Waals surface area contributed by atoms with Gasteiger partial charge in [0.05, 0.1) is 28.4 Å². The maximum Gasteiger partial charge on any atom is 0.223 e. The number of methoxy groups -OCH3 is 4. The third kappa shape index (κ3) is 5.25. The molecule has 0 fully saturated rings. The molecule has 1 aliphatic heterocycles. The van der Waals surface area contributed by atoms with Gasteiger partial charge in [-0.2, -0.15) is 0 Å². The first-order valence-electron chi connectivity index (χ1n) is 12.0. The predicted octanol–water partition coefficient (Wildman–Crippen LogP) is 3.04. The van der Waals surface area contributed by atoms with Gasteiger partial charge in [-0.3, -0.25) is 4.79 Å². The molecule has 0 saturated carbocycles. The zero-order valence-corrected chi connectivity index (χ0v) is 20.7. The number of fused-ring (bicyclic) bond motifs is 2. The average molecular weight is 469 g/mol. The van der Waals surface area contributed by atoms with Crippen molar-refractivity contribution >= 4 is 5.91 Å². The van der Waals surface area contributed by atoms with Gasteiger partial charge in [0.25, 0.3) is 0 Å². The molecular formula is C27H36N2O5. The average Bonchev–Trinajstić information content (AvgIpc) is 3.14. The minimum absolute atomic E-state index is 0.211. The van der Waals surface area contributed by atoms with Crippen molar-refractivity contribution in [1.82, 2.24) is 10.2 Å². The van der Waals surface area contributed by atoms with Gasteiger partial charge >= 0.3 is 0 Å². The number of nitrogens with one attached hydrogen (secondary N) is 1. The summed E-state index contributed by atoms with van der Waals surface area (Å²) in [5.74, 6) is 3.81. The summed E-state index contributed by atoms with van der Waals surface area (Å²) in [6, 6.07) is 8.30. The Kier molecular flexibility index (Phi) is 7.83. The molecule has 0 atom stereocenters. The monoisotopic (exact) mass is 468 g/mol. The highest BCUT2D eigenvalue weighted by Crippen LogP contribution is 2.36. The molecule has 0 spiro atoms. The first-order chi connectivity index (χ1) is 16.6. The number of hydrogen-bond donors (Lipinski definition) is 1. The van der Waals surface area contributed by atoms with Crippen molar-refractivity contribution in [3.05, 3.63) is 46.5 Å². The topological polar surface area (TPSA) is 69.3 Å². The van der Waals surface area contributed by atoms with Gasteiger partial charge in [0, 0.05) is 26.1 Å². The molecule has 7 nitrogen and oxygen atoms in total. The normalized spacial score (nSPS) is 15.4. The first-order valence-corrected chi connectivity index (χ1v) is 12.0. The van der Waals surface area contributed by atoms with Gasteiger partial charge in [0.1, 0.15) is 0 Å². The maximum absolute atomic E-state index is 12.9. The lowest BCUT2D eigenvalue weighted by Gasteiger charge is -2.20. The van der Waals surface area contributed by atoms with E-state index in [1.807, 2.05) is 4.90 Å². The summed E-state index contributed by atoms with van der Waals surface area (Å²) in [6.45, 7) is 3.08. The van der Waals surface area contributed by atoms with E-state index in [0.717, 1.165) is 68.3 Å². The molecule has 2 aromatic rings. The number of rotatable bonds is 9. The molecule has 0 unspecified atom stereocenters. The van der Waals surface area contributed by atoms with E-state index >= 15 is 0 Å². The largest absolute Gasteiger partial charge is 0.493 e. The van der Waals surface area contributed by atoms with Crippen LogP contribution in [-0.4, -0.2) is 65.4 Å². The molecule has 0 saturated heterocycles. The van der Waals surface area contributed by atoms with Crippen LogP contribution in [0.15, 0.2) is 24.3 Å². The van der Waals surface area contributed by atoms with Crippen molar-refractivity contribution < 1.29 is 23.7 Å². The number of carbonyl (C=O) groups excluding carboxylic acids is 1. The van der Waals surface area contributed by atoms with E-state index in [2.05, 4.69) is 29.6 Å². The fraction of sp³-hybridized carbons (Fsp3) is 0.519. The zero-order chi connectivity index (χ0) is 24.1. The second-order valence-corrected chi connectivity index (χ2v) is 9.06. The number of amides is 1. The minimum atomic E-state index is 0.211. The third-order valence-corrected chi connectivity index (χ3v) is 7.03. The quantitative estimate of drug-likeness (QED) is 0.571. The van der Waals surface area contributed by atoms with Crippen LogP contribution in [0, 0.1) is 5.92 Å². The van der Waals surface area contributed by atoms with Crippen LogP contribution in [0.2, 0.25) is 0 Å². The van der Waals surface area contributed by atoms with Crippen molar-refractivity contribution in [3.8, 4) is 23.0 Å². The van der Waals surface area contributed by atoms with Crippen LogP contribution in [0.3, 0.4) is 0 Å². The molecule has 1 aliphatic carbocycles. The van der Waals surface area contributed by atoms with Crippen LogP contribution in [-0.2, 0) is 30.5 Å². The highest BCUT2D eigenvalue weighted by Gasteiger charge is 2.24. The molecule has 0 aromatic heterocycles. The summed E-state index contributed by atoms with van der Waals surface area (Å²) in [7, 11) is 6.65. The molecule has 1 heterocycles. The summed E-state index contributed by atoms with van der Waals surface area (Å²) in [5.41, 5.74) is 5.14. The highest BCUT2D eigenvalue weighted by molar-refractivity contribution is 5.76. The third-order valence-electron chi connectivity index (χ3n) is 7.03. The number of nitrogens with zero attached hydrogens (tertiary/aromatic N) is 1. The minimum Gasteiger partial charge on any atom is -0.493 e. The van der Waals surface area contributed by atoms with E-state index in [4.69, 9.17) is 18.9 Å². The fourth-order valence-electron chi connectivity index (χ4n) is 5.14. The Morgan fingerprint density at radius 1 is 0.794 bits per heavy atom. The molecule has 2 aromatic carbocycles. The summed E-state index contributed by atoms with van der Waals surface area (Å²) in [6.07, 6.45) is 4.23. The van der Waals surface area contributed by atoms with Crippen molar-refractivity contribution in [2.24, 2.45) is 5.92 Å². The lowest BCUT2D eigenvalue weighted by Crippen LogP contribution is -2.35. The molecular weight excluding hydrogens is 432 g/mol. The van der Waals surface area contributed by atoms with Crippen LogP contribution in [0.1, 0.15) is 28.7 Å². The zero-order valence-electron chi connectivity index (χ0n) is 20.7. The van der Waals surface area contributed by atoms with Crippen LogP contribution >= 0.6 is 0 Å². The number of benzene rings is 2. The van der Waals surface area contributed by atoms with Crippen LogP contribution < -0.4 is 24.3 Å². The molecule has 34 heavy (non-hydrogen) atoms. The smallest absolute Gasteiger partial charge is 0.223 e. The Bertz CT molecular complexity index is 955. The maximum atomic E-state index is 12.9. The second-order valence-electron chi connectivity index (χ2n) is 9.06. The van der Waals surface area contributed by atoms with Crippen LogP contribution in [0.5, 0.6) is 23.0 Å². The van der Waals surface area contributed by atoms with Gasteiger partial charge in [0.15, 0.2) is 23.0 Å². The summed E-state index contributed by atoms with van der Waals surface area (Å²) in [5, 5.41) is 3.51. The van der Waals surface area contributed by atoms with Crippen molar-refractivity contribution in [2.45, 2.75) is 32.1 Å². The second kappa shape index (κ2) is 11.0. The Balaban J connectivity index is 1.23. The van der Waals surface area contributed by atoms with Gasteiger partial charge in [-0.15, -0.1) is 0 Å². The Hall–Kier alpha value is -2.93. The first kappa shape index (κ1) is 24.2. The Morgan fingerprint density at radius 2 is 1.24 bits per heavy atom. The van der Waals surface area contributed by atoms with Gasteiger partial charge in [0.2, 0.25) is 5.91 Å². The van der Waals surface area contributed by atoms with Crippen LogP contribution in [0.4, 0.5) is 0 Å². The van der Waals surface area contributed by atoms with Crippen molar-refractivity contribution in [1.29, 1.82) is 0 Å². The lowest BCUT2D eigenvalue weighted by molar-refractivity contribution is -0.131. The van der Waals surface area contributed by atoms with E-state index in [1.165, 1.54) is 22.3 Å². The van der Waals surface area contributed by atoms with Gasteiger partial charge < -0.3 is 29.2 Å². The molecule has 0 radical (unpaired) electrons. The molecule has 1 amide bonds. The van der Waals surface area contributed by atoms with E-state index in [0.29, 0.717) is 18.9 Å². The molecule has 4 rings (SSSR count). The highest BCUT2D eigenvalue weighted by atomic mass is 16.5. The molecule has 7 heteroatoms. The molecule has 0 bridgehead atoms. The summed E-state index contributed by atoms with van der Waals surface area (Å²) >= 11 is 0. The number of hydrogen-bond acceptors (Lipinski definition) is 6. The standard InChI is InChI=1S/C27H36N2O5/c1-31-23-13-19-6-9-29(10-7-20(19)14-24(23)32-2)27(30)5-8-28-17-18-11-21-15-25(33-3)26(34-4)16-22(21)12-18/h13-16,18,28H,5-12,17H2,1-4H3. The summed E-state index contributed by atoms with van der Waals surface area (Å²) < 4.78 is 21.8. The van der Waals surface area contributed by atoms with E-state index in [9.17, 15) is 4.79 Å². The van der Waals surface area contributed by atoms with Gasteiger partial charge in [-0.1, -0.05) is 0 Å². The van der Waals surface area contributed by atoms with E-state index in [1.54, 1.807) is 28.4 Å². The summed E-state index contributed by atoms with van der Waals surface area (Å²) in [4.78, 5) is 14.9. The predicted molar refractivity (Wildman–Crippen MR) is 131 cm³/mol. The Labute approximate surface area is 202 Å². The number of carbonyl (C=O) groups is 1. The van der Waals surface area contributed by atoms with Gasteiger partial charge in [-0.05, 0) is 84.7 Å². The Morgan fingerprint density at radius 3 is 1.68 bits per heavy atom. The fourth-order valence-corrected chi connectivity index (χ4v) is 5.14. The number of ether oxygens (including phenoxy) is 4. The SMILES string of the molecule is COc1cc2c(cc1OC)CCN(C(=O)CCNCC1Cc3cc(OC)c(OC)cc3C1)CC2. The molecule has 1 N–H and O–H groups in total. The van der Waals surface area contributed by atoms with Crippen LogP contribution in [0.25, 0.3) is 0 Å². The van der Waals surface area contributed by atoms with Crippen molar-refractivity contribution in [2.75, 3.05) is 54.6 Å². The van der Waals surface area contributed by atoms with Gasteiger partial charge in [-0.25, -0.2) is 0 Å². The molecule has 184 valence electrons. The lowest BCUT2D eigenvalue weighted by atomic mass is 10.0. The van der Waals surface area contributed by atoms with E-state index < -0.39 is 0 Å². The van der Waals surface area contributed by atoms with Crippen molar-refractivity contribution in [3.63, 3.8) is 0 Å².